The lowest BCUT2D eigenvalue weighted by Crippen LogP contribution is -2.26. The van der Waals surface area contributed by atoms with Crippen LogP contribution in [0.25, 0.3) is 0 Å². The van der Waals surface area contributed by atoms with Crippen LogP contribution in [0.3, 0.4) is 0 Å². The highest BCUT2D eigenvalue weighted by Gasteiger charge is 2.13. The quantitative estimate of drug-likeness (QED) is 0.870. The monoisotopic (exact) mass is 278 g/mol. The zero-order valence-corrected chi connectivity index (χ0v) is 12.3. The van der Waals surface area contributed by atoms with Gasteiger partial charge in [-0.3, -0.25) is 4.79 Å². The van der Waals surface area contributed by atoms with E-state index in [0.29, 0.717) is 0 Å². The minimum absolute atomic E-state index is 0.0183. The summed E-state index contributed by atoms with van der Waals surface area (Å²) in [5, 5.41) is 7.14. The molecule has 104 valence electrons. The van der Waals surface area contributed by atoms with Gasteiger partial charge in [0.1, 0.15) is 0 Å². The molecule has 1 amide bonds. The van der Waals surface area contributed by atoms with Crippen molar-refractivity contribution in [2.24, 2.45) is 0 Å². The molecule has 2 rings (SSSR count). The van der Waals surface area contributed by atoms with E-state index in [1.54, 1.807) is 6.92 Å². The molecule has 1 saturated heterocycles. The average molecular weight is 278 g/mol. The highest BCUT2D eigenvalue weighted by Crippen LogP contribution is 2.24. The van der Waals surface area contributed by atoms with E-state index in [4.69, 9.17) is 0 Å². The van der Waals surface area contributed by atoms with Gasteiger partial charge >= 0.3 is 0 Å². The maximum absolute atomic E-state index is 11.2. The van der Waals surface area contributed by atoms with E-state index >= 15 is 0 Å². The summed E-state index contributed by atoms with van der Waals surface area (Å²) in [7, 11) is 0. The first-order chi connectivity index (χ1) is 9.25. The molecule has 1 aromatic rings. The Morgan fingerprint density at radius 1 is 1.37 bits per heavy atom. The van der Waals surface area contributed by atoms with Gasteiger partial charge in [0.2, 0.25) is 5.91 Å². The van der Waals surface area contributed by atoms with E-state index in [1.807, 2.05) is 18.2 Å². The number of benzene rings is 1. The van der Waals surface area contributed by atoms with Crippen LogP contribution in [0.4, 0.5) is 5.69 Å². The summed E-state index contributed by atoms with van der Waals surface area (Å²) in [4.78, 5) is 11.2. The fourth-order valence-electron chi connectivity index (χ4n) is 2.32. The molecule has 1 atom stereocenters. The molecule has 0 saturated carbocycles. The van der Waals surface area contributed by atoms with Crippen LogP contribution in [0.2, 0.25) is 0 Å². The molecule has 0 aliphatic carbocycles. The Kier molecular flexibility index (Phi) is 5.73. The van der Waals surface area contributed by atoms with Crippen molar-refractivity contribution < 1.29 is 4.79 Å². The first-order valence-electron chi connectivity index (χ1n) is 6.93. The molecule has 3 nitrogen and oxygen atoms in total. The van der Waals surface area contributed by atoms with Crippen molar-refractivity contribution in [2.75, 3.05) is 17.6 Å². The van der Waals surface area contributed by atoms with Crippen LogP contribution in [-0.2, 0) is 11.3 Å². The Hall–Kier alpha value is -1.00. The van der Waals surface area contributed by atoms with E-state index in [-0.39, 0.29) is 5.91 Å². The fraction of sp³-hybridized carbons (Fsp3) is 0.533. The van der Waals surface area contributed by atoms with Gasteiger partial charge in [-0.25, -0.2) is 0 Å². The summed E-state index contributed by atoms with van der Waals surface area (Å²) in [6.45, 7) is 3.41. The Morgan fingerprint density at radius 3 is 2.95 bits per heavy atom. The van der Waals surface area contributed by atoms with Crippen molar-refractivity contribution in [1.29, 1.82) is 0 Å². The third-order valence-corrected chi connectivity index (χ3v) is 4.69. The molecule has 0 radical (unpaired) electrons. The summed E-state index contributed by atoms with van der Waals surface area (Å²) in [5.74, 6) is 1.28. The van der Waals surface area contributed by atoms with Gasteiger partial charge < -0.3 is 10.6 Å². The lowest BCUT2D eigenvalue weighted by molar-refractivity contribution is -0.114. The Balaban J connectivity index is 1.83. The molecule has 1 aliphatic heterocycles. The molecule has 4 heteroatoms. The number of carbonyl (C=O) groups is 1. The van der Waals surface area contributed by atoms with E-state index in [0.717, 1.165) is 29.6 Å². The lowest BCUT2D eigenvalue weighted by atomic mass is 10.1. The maximum Gasteiger partial charge on any atom is 0.221 e. The molecule has 1 aliphatic rings. The van der Waals surface area contributed by atoms with Crippen molar-refractivity contribution in [1.82, 2.24) is 5.32 Å². The normalized spacial score (nSPS) is 19.1. The van der Waals surface area contributed by atoms with Crippen LogP contribution in [0.1, 0.15) is 31.7 Å². The number of carbonyl (C=O) groups excluding carboxylic acids is 1. The minimum atomic E-state index is -0.0183. The van der Waals surface area contributed by atoms with Crippen LogP contribution < -0.4 is 10.6 Å². The topological polar surface area (TPSA) is 41.1 Å². The summed E-state index contributed by atoms with van der Waals surface area (Å²) >= 11 is 2.08. The van der Waals surface area contributed by atoms with E-state index in [2.05, 4.69) is 28.5 Å². The molecule has 1 heterocycles. The van der Waals surface area contributed by atoms with Crippen LogP contribution in [0.15, 0.2) is 24.3 Å². The molecule has 0 bridgehead atoms. The van der Waals surface area contributed by atoms with Gasteiger partial charge in [-0.15, -0.1) is 0 Å². The number of hydrogen-bond donors (Lipinski definition) is 2. The van der Waals surface area contributed by atoms with Gasteiger partial charge in [-0.1, -0.05) is 24.6 Å². The number of amides is 1. The van der Waals surface area contributed by atoms with Crippen molar-refractivity contribution in [3.05, 3.63) is 29.8 Å². The predicted molar refractivity (Wildman–Crippen MR) is 82.5 cm³/mol. The van der Waals surface area contributed by atoms with Gasteiger partial charge in [0.15, 0.2) is 0 Å². The van der Waals surface area contributed by atoms with E-state index in [1.165, 1.54) is 25.0 Å². The van der Waals surface area contributed by atoms with Gasteiger partial charge in [-0.2, -0.15) is 11.8 Å². The molecule has 2 N–H and O–H groups in total. The third kappa shape index (κ3) is 4.88. The molecular weight excluding hydrogens is 256 g/mol. The molecule has 1 aromatic carbocycles. The van der Waals surface area contributed by atoms with Gasteiger partial charge in [0.25, 0.3) is 0 Å². The van der Waals surface area contributed by atoms with Crippen molar-refractivity contribution >= 4 is 23.4 Å². The number of para-hydroxylation sites is 1. The first-order valence-corrected chi connectivity index (χ1v) is 7.98. The highest BCUT2D eigenvalue weighted by atomic mass is 32.2. The standard InChI is InChI=1S/C15H22N2OS/c1-12(18)17-15-8-3-2-6-13(15)10-16-11-14-7-4-5-9-19-14/h2-3,6,8,14,16H,4-5,7,9-11H2,1H3,(H,17,18). The predicted octanol–water partition coefficient (Wildman–Crippen LogP) is 3.02. The van der Waals surface area contributed by atoms with Gasteiger partial charge in [0, 0.05) is 31.0 Å². The number of thioether (sulfide) groups is 1. The largest absolute Gasteiger partial charge is 0.326 e. The third-order valence-electron chi connectivity index (χ3n) is 3.29. The highest BCUT2D eigenvalue weighted by molar-refractivity contribution is 7.99. The van der Waals surface area contributed by atoms with Crippen LogP contribution in [0, 0.1) is 0 Å². The zero-order valence-electron chi connectivity index (χ0n) is 11.4. The zero-order chi connectivity index (χ0) is 13.5. The van der Waals surface area contributed by atoms with Crippen molar-refractivity contribution in [3.8, 4) is 0 Å². The molecular formula is C15H22N2OS. The van der Waals surface area contributed by atoms with Crippen LogP contribution in [0.5, 0.6) is 0 Å². The van der Waals surface area contributed by atoms with Crippen LogP contribution >= 0.6 is 11.8 Å². The SMILES string of the molecule is CC(=O)Nc1ccccc1CNCC1CCCCS1. The lowest BCUT2D eigenvalue weighted by Gasteiger charge is -2.21. The maximum atomic E-state index is 11.2. The molecule has 1 unspecified atom stereocenters. The summed E-state index contributed by atoms with van der Waals surface area (Å²) in [6.07, 6.45) is 4.05. The molecule has 19 heavy (non-hydrogen) atoms. The summed E-state index contributed by atoms with van der Waals surface area (Å²) in [5.41, 5.74) is 2.07. The second-order valence-corrected chi connectivity index (χ2v) is 6.37. The van der Waals surface area contributed by atoms with E-state index in [9.17, 15) is 4.79 Å². The fourth-order valence-corrected chi connectivity index (χ4v) is 3.60. The summed E-state index contributed by atoms with van der Waals surface area (Å²) < 4.78 is 0. The molecule has 0 aromatic heterocycles. The number of rotatable bonds is 5. The van der Waals surface area contributed by atoms with E-state index < -0.39 is 0 Å². The van der Waals surface area contributed by atoms with Gasteiger partial charge in [-0.05, 0) is 30.2 Å². The second-order valence-electron chi connectivity index (χ2n) is 4.96. The average Bonchev–Trinajstić information content (AvgIpc) is 2.41. The summed E-state index contributed by atoms with van der Waals surface area (Å²) in [6, 6.07) is 7.98. The second kappa shape index (κ2) is 7.56. The number of anilines is 1. The smallest absolute Gasteiger partial charge is 0.221 e. The molecule has 1 fully saturated rings. The number of nitrogens with one attached hydrogen (secondary N) is 2. The van der Waals surface area contributed by atoms with Crippen LogP contribution in [-0.4, -0.2) is 23.5 Å². The van der Waals surface area contributed by atoms with Crippen molar-refractivity contribution in [3.63, 3.8) is 0 Å². The first kappa shape index (κ1) is 14.4. The Labute approximate surface area is 119 Å². The number of hydrogen-bond acceptors (Lipinski definition) is 3. The molecule has 0 spiro atoms. The minimum Gasteiger partial charge on any atom is -0.326 e. The Morgan fingerprint density at radius 2 is 2.21 bits per heavy atom. The Bertz CT molecular complexity index is 416. The van der Waals surface area contributed by atoms with Crippen molar-refractivity contribution in [2.45, 2.75) is 38.0 Å². The van der Waals surface area contributed by atoms with Gasteiger partial charge in [0.05, 0.1) is 0 Å².